The summed E-state index contributed by atoms with van der Waals surface area (Å²) >= 11 is 0. The molecule has 3 heteroatoms. The SMILES string of the molecule is CCCC1(C(=O)OC)CCC(N)C1. The topological polar surface area (TPSA) is 52.3 Å². The van der Waals surface area contributed by atoms with Crippen molar-refractivity contribution in [3.63, 3.8) is 0 Å². The smallest absolute Gasteiger partial charge is 0.311 e. The Labute approximate surface area is 79.6 Å². The zero-order valence-corrected chi connectivity index (χ0v) is 8.51. The Morgan fingerprint density at radius 2 is 2.38 bits per heavy atom. The maximum atomic E-state index is 11.6. The van der Waals surface area contributed by atoms with Crippen LogP contribution in [0.15, 0.2) is 0 Å². The molecule has 2 N–H and O–H groups in total. The van der Waals surface area contributed by atoms with Crippen LogP contribution in [-0.2, 0) is 9.53 Å². The van der Waals surface area contributed by atoms with Crippen LogP contribution in [0.3, 0.4) is 0 Å². The fourth-order valence-electron chi connectivity index (χ4n) is 2.38. The lowest BCUT2D eigenvalue weighted by atomic mass is 9.81. The highest BCUT2D eigenvalue weighted by Crippen LogP contribution is 2.42. The molecule has 1 rings (SSSR count). The van der Waals surface area contributed by atoms with Crippen molar-refractivity contribution in [1.82, 2.24) is 0 Å². The second kappa shape index (κ2) is 4.09. The highest BCUT2D eigenvalue weighted by molar-refractivity contribution is 5.77. The molecule has 0 heterocycles. The normalized spacial score (nSPS) is 33.3. The lowest BCUT2D eigenvalue weighted by molar-refractivity contribution is -0.153. The molecule has 76 valence electrons. The second-order valence-electron chi connectivity index (χ2n) is 4.02. The summed E-state index contributed by atoms with van der Waals surface area (Å²) in [6.45, 7) is 2.09. The van der Waals surface area contributed by atoms with Crippen LogP contribution in [0.5, 0.6) is 0 Å². The zero-order chi connectivity index (χ0) is 9.90. The van der Waals surface area contributed by atoms with E-state index >= 15 is 0 Å². The fraction of sp³-hybridized carbons (Fsp3) is 0.900. The van der Waals surface area contributed by atoms with Crippen molar-refractivity contribution in [3.05, 3.63) is 0 Å². The minimum absolute atomic E-state index is 0.0673. The van der Waals surface area contributed by atoms with Crippen molar-refractivity contribution in [1.29, 1.82) is 0 Å². The standard InChI is InChI=1S/C10H19NO2/c1-3-5-10(9(12)13-2)6-4-8(11)7-10/h8H,3-7,11H2,1-2H3. The van der Waals surface area contributed by atoms with Gasteiger partial charge in [-0.05, 0) is 25.7 Å². The van der Waals surface area contributed by atoms with E-state index in [1.165, 1.54) is 7.11 Å². The lowest BCUT2D eigenvalue weighted by Crippen LogP contribution is -2.31. The molecule has 0 aromatic carbocycles. The molecule has 0 aromatic rings. The van der Waals surface area contributed by atoms with Crippen LogP contribution in [0.2, 0.25) is 0 Å². The van der Waals surface area contributed by atoms with E-state index in [4.69, 9.17) is 10.5 Å². The summed E-state index contributed by atoms with van der Waals surface area (Å²) in [6.07, 6.45) is 4.58. The molecule has 1 saturated carbocycles. The van der Waals surface area contributed by atoms with Gasteiger partial charge in [0.15, 0.2) is 0 Å². The van der Waals surface area contributed by atoms with Crippen molar-refractivity contribution in [3.8, 4) is 0 Å². The van der Waals surface area contributed by atoms with Gasteiger partial charge in [-0.15, -0.1) is 0 Å². The summed E-state index contributed by atoms with van der Waals surface area (Å²) in [7, 11) is 1.46. The van der Waals surface area contributed by atoms with E-state index in [1.54, 1.807) is 0 Å². The number of nitrogens with two attached hydrogens (primary N) is 1. The quantitative estimate of drug-likeness (QED) is 0.677. The van der Waals surface area contributed by atoms with Crippen LogP contribution in [-0.4, -0.2) is 19.1 Å². The summed E-state index contributed by atoms with van der Waals surface area (Å²) in [5.74, 6) is -0.0673. The molecule has 0 aliphatic heterocycles. The summed E-state index contributed by atoms with van der Waals surface area (Å²) in [5.41, 5.74) is 5.56. The average molecular weight is 185 g/mol. The Hall–Kier alpha value is -0.570. The van der Waals surface area contributed by atoms with Gasteiger partial charge in [-0.2, -0.15) is 0 Å². The molecule has 2 unspecified atom stereocenters. The molecule has 0 saturated heterocycles. The van der Waals surface area contributed by atoms with E-state index in [1.807, 2.05) is 0 Å². The Balaban J connectivity index is 2.70. The van der Waals surface area contributed by atoms with Gasteiger partial charge in [0.05, 0.1) is 12.5 Å². The number of methoxy groups -OCH3 is 1. The predicted octanol–water partition coefficient (Wildman–Crippen LogP) is 1.46. The summed E-state index contributed by atoms with van der Waals surface area (Å²) < 4.78 is 4.84. The van der Waals surface area contributed by atoms with Crippen molar-refractivity contribution in [2.45, 2.75) is 45.1 Å². The number of hydrogen-bond donors (Lipinski definition) is 1. The van der Waals surface area contributed by atoms with Gasteiger partial charge in [0.25, 0.3) is 0 Å². The number of carbonyl (C=O) groups is 1. The molecule has 0 amide bonds. The predicted molar refractivity (Wildman–Crippen MR) is 51.2 cm³/mol. The number of hydrogen-bond acceptors (Lipinski definition) is 3. The summed E-state index contributed by atoms with van der Waals surface area (Å²) in [6, 6.07) is 0.186. The van der Waals surface area contributed by atoms with Crippen LogP contribution in [0.4, 0.5) is 0 Å². The van der Waals surface area contributed by atoms with Crippen molar-refractivity contribution in [2.75, 3.05) is 7.11 Å². The first-order chi connectivity index (χ1) is 6.14. The van der Waals surface area contributed by atoms with Gasteiger partial charge in [-0.3, -0.25) is 4.79 Å². The largest absolute Gasteiger partial charge is 0.469 e. The monoisotopic (exact) mass is 185 g/mol. The van der Waals surface area contributed by atoms with E-state index in [-0.39, 0.29) is 17.4 Å². The minimum Gasteiger partial charge on any atom is -0.469 e. The highest BCUT2D eigenvalue weighted by atomic mass is 16.5. The van der Waals surface area contributed by atoms with Gasteiger partial charge in [0.1, 0.15) is 0 Å². The van der Waals surface area contributed by atoms with Crippen LogP contribution in [0, 0.1) is 5.41 Å². The van der Waals surface area contributed by atoms with Crippen molar-refractivity contribution >= 4 is 5.97 Å². The molecule has 0 aromatic heterocycles. The van der Waals surface area contributed by atoms with Gasteiger partial charge >= 0.3 is 5.97 Å². The Bertz CT molecular complexity index is 189. The van der Waals surface area contributed by atoms with Gasteiger partial charge in [0.2, 0.25) is 0 Å². The number of rotatable bonds is 3. The van der Waals surface area contributed by atoms with E-state index < -0.39 is 0 Å². The highest BCUT2D eigenvalue weighted by Gasteiger charge is 2.44. The van der Waals surface area contributed by atoms with Gasteiger partial charge in [0, 0.05) is 6.04 Å². The third kappa shape index (κ3) is 2.02. The third-order valence-electron chi connectivity index (χ3n) is 2.99. The van der Waals surface area contributed by atoms with Gasteiger partial charge in [-0.1, -0.05) is 13.3 Å². The second-order valence-corrected chi connectivity index (χ2v) is 4.02. The van der Waals surface area contributed by atoms with Crippen LogP contribution in [0.25, 0.3) is 0 Å². The lowest BCUT2D eigenvalue weighted by Gasteiger charge is -2.25. The summed E-state index contributed by atoms with van der Waals surface area (Å²) in [4.78, 5) is 11.6. The first kappa shape index (κ1) is 10.5. The number of ether oxygens (including phenoxy) is 1. The Morgan fingerprint density at radius 1 is 1.69 bits per heavy atom. The molecule has 1 aliphatic carbocycles. The molecule has 0 spiro atoms. The molecule has 0 radical (unpaired) electrons. The van der Waals surface area contributed by atoms with Crippen LogP contribution in [0.1, 0.15) is 39.0 Å². The zero-order valence-electron chi connectivity index (χ0n) is 8.51. The van der Waals surface area contributed by atoms with E-state index in [2.05, 4.69) is 6.92 Å². The minimum atomic E-state index is -0.261. The van der Waals surface area contributed by atoms with E-state index in [9.17, 15) is 4.79 Å². The molecule has 0 bridgehead atoms. The maximum Gasteiger partial charge on any atom is 0.311 e. The first-order valence-electron chi connectivity index (χ1n) is 4.98. The van der Waals surface area contributed by atoms with Gasteiger partial charge < -0.3 is 10.5 Å². The number of carbonyl (C=O) groups excluding carboxylic acids is 1. The molecular weight excluding hydrogens is 166 g/mol. The molecule has 2 atom stereocenters. The molecule has 1 fully saturated rings. The average Bonchev–Trinajstić information content (AvgIpc) is 2.48. The molecule has 3 nitrogen and oxygen atoms in total. The number of esters is 1. The summed E-state index contributed by atoms with van der Waals surface area (Å²) in [5, 5.41) is 0. The van der Waals surface area contributed by atoms with E-state index in [0.717, 1.165) is 32.1 Å². The Morgan fingerprint density at radius 3 is 2.77 bits per heavy atom. The Kier molecular flexibility index (Phi) is 3.31. The first-order valence-corrected chi connectivity index (χ1v) is 4.98. The molecule has 13 heavy (non-hydrogen) atoms. The van der Waals surface area contributed by atoms with Crippen molar-refractivity contribution < 1.29 is 9.53 Å². The van der Waals surface area contributed by atoms with Crippen LogP contribution >= 0.6 is 0 Å². The van der Waals surface area contributed by atoms with Crippen LogP contribution < -0.4 is 5.73 Å². The maximum absolute atomic E-state index is 11.6. The fourth-order valence-corrected chi connectivity index (χ4v) is 2.38. The van der Waals surface area contributed by atoms with Crippen molar-refractivity contribution in [2.24, 2.45) is 11.1 Å². The van der Waals surface area contributed by atoms with E-state index in [0.29, 0.717) is 0 Å². The molecule has 1 aliphatic rings. The molecular formula is C10H19NO2. The van der Waals surface area contributed by atoms with Gasteiger partial charge in [-0.25, -0.2) is 0 Å². The third-order valence-corrected chi connectivity index (χ3v) is 2.99.